The van der Waals surface area contributed by atoms with Gasteiger partial charge in [-0.25, -0.2) is 4.68 Å². The molecule has 1 aromatic carbocycles. The molecule has 9 heteroatoms. The van der Waals surface area contributed by atoms with Crippen LogP contribution in [0.3, 0.4) is 0 Å². The maximum Gasteiger partial charge on any atom is 0.251 e. The van der Waals surface area contributed by atoms with E-state index in [1.165, 1.54) is 0 Å². The summed E-state index contributed by atoms with van der Waals surface area (Å²) in [6, 6.07) is 6.91. The van der Waals surface area contributed by atoms with Crippen LogP contribution in [0.2, 0.25) is 0 Å². The molecule has 1 aliphatic heterocycles. The Balaban J connectivity index is 1.48. The molecule has 2 aromatic rings. The molecule has 0 bridgehead atoms. The summed E-state index contributed by atoms with van der Waals surface area (Å²) in [5, 5.41) is 14.2. The highest BCUT2D eigenvalue weighted by Gasteiger charge is 2.17. The average molecular weight is 386 g/mol. The molecular weight excluding hydrogens is 360 g/mol. The molecule has 0 saturated carbocycles. The van der Waals surface area contributed by atoms with Gasteiger partial charge in [-0.3, -0.25) is 9.59 Å². The number of ether oxygens (including phenoxy) is 1. The zero-order chi connectivity index (χ0) is 19.9. The minimum absolute atomic E-state index is 0.0228. The average Bonchev–Trinajstić information content (AvgIpc) is 3.20. The number of piperidine rings is 1. The van der Waals surface area contributed by atoms with Crippen LogP contribution in [0.25, 0.3) is 0 Å². The first-order valence-corrected chi connectivity index (χ1v) is 9.60. The number of aromatic nitrogens is 4. The Bertz CT molecular complexity index is 796. The molecule has 0 spiro atoms. The number of hydrogen-bond acceptors (Lipinski definition) is 6. The summed E-state index contributed by atoms with van der Waals surface area (Å²) in [6.45, 7) is 5.80. The number of carbonyl (C=O) groups is 2. The van der Waals surface area contributed by atoms with Crippen molar-refractivity contribution in [3.8, 4) is 5.75 Å². The van der Waals surface area contributed by atoms with Crippen molar-refractivity contribution in [2.75, 3.05) is 19.6 Å². The van der Waals surface area contributed by atoms with Gasteiger partial charge in [-0.1, -0.05) is 0 Å². The van der Waals surface area contributed by atoms with Gasteiger partial charge in [0.05, 0.1) is 12.6 Å². The molecule has 28 heavy (non-hydrogen) atoms. The van der Waals surface area contributed by atoms with Crippen LogP contribution < -0.4 is 10.1 Å². The van der Waals surface area contributed by atoms with Crippen LogP contribution in [0.4, 0.5) is 0 Å². The molecule has 3 rings (SSSR count). The summed E-state index contributed by atoms with van der Waals surface area (Å²) in [5.74, 6) is 0.934. The van der Waals surface area contributed by atoms with Crippen LogP contribution in [0.1, 0.15) is 55.3 Å². The summed E-state index contributed by atoms with van der Waals surface area (Å²) < 4.78 is 7.39. The second-order valence-electron chi connectivity index (χ2n) is 7.07. The van der Waals surface area contributed by atoms with Crippen molar-refractivity contribution >= 4 is 11.8 Å². The standard InChI is InChI=1S/C19H26N6O3/c1-14(2)25-17(21-22-23-25)13-28-16-8-6-15(7-9-16)19(27)20-12-18(26)24-10-4-3-5-11-24/h6-9,14H,3-5,10-13H2,1-2H3,(H,20,27). The van der Waals surface area contributed by atoms with Crippen molar-refractivity contribution in [3.63, 3.8) is 0 Å². The van der Waals surface area contributed by atoms with Gasteiger partial charge in [0.2, 0.25) is 5.91 Å². The Morgan fingerprint density at radius 1 is 1.14 bits per heavy atom. The fourth-order valence-corrected chi connectivity index (χ4v) is 3.07. The normalized spacial score (nSPS) is 14.2. The van der Waals surface area contributed by atoms with E-state index in [1.807, 2.05) is 18.7 Å². The van der Waals surface area contributed by atoms with Gasteiger partial charge in [0.1, 0.15) is 12.4 Å². The number of nitrogens with one attached hydrogen (secondary N) is 1. The highest BCUT2D eigenvalue weighted by atomic mass is 16.5. The number of carbonyl (C=O) groups excluding carboxylic acids is 2. The van der Waals surface area contributed by atoms with E-state index in [1.54, 1.807) is 28.9 Å². The molecule has 2 heterocycles. The van der Waals surface area contributed by atoms with Gasteiger partial charge in [-0.2, -0.15) is 0 Å². The monoisotopic (exact) mass is 386 g/mol. The lowest BCUT2D eigenvalue weighted by molar-refractivity contribution is -0.130. The van der Waals surface area contributed by atoms with Crippen molar-refractivity contribution in [2.24, 2.45) is 0 Å². The molecule has 0 unspecified atom stereocenters. The highest BCUT2D eigenvalue weighted by Crippen LogP contribution is 2.15. The van der Waals surface area contributed by atoms with E-state index in [4.69, 9.17) is 4.74 Å². The molecule has 1 fully saturated rings. The Kier molecular flexibility index (Phi) is 6.57. The number of benzene rings is 1. The van der Waals surface area contributed by atoms with Crippen molar-refractivity contribution < 1.29 is 14.3 Å². The van der Waals surface area contributed by atoms with E-state index in [9.17, 15) is 9.59 Å². The molecule has 0 radical (unpaired) electrons. The van der Waals surface area contributed by atoms with Crippen molar-refractivity contribution in [1.82, 2.24) is 30.4 Å². The smallest absolute Gasteiger partial charge is 0.251 e. The molecule has 1 N–H and O–H groups in total. The van der Waals surface area contributed by atoms with E-state index in [0.29, 0.717) is 17.1 Å². The molecule has 1 saturated heterocycles. The SMILES string of the molecule is CC(C)n1nnnc1COc1ccc(C(=O)NCC(=O)N2CCCCC2)cc1. The lowest BCUT2D eigenvalue weighted by Gasteiger charge is -2.26. The van der Waals surface area contributed by atoms with Gasteiger partial charge in [0.25, 0.3) is 5.91 Å². The van der Waals surface area contributed by atoms with E-state index >= 15 is 0 Å². The van der Waals surface area contributed by atoms with Gasteiger partial charge in [0.15, 0.2) is 5.82 Å². The molecule has 9 nitrogen and oxygen atoms in total. The van der Waals surface area contributed by atoms with Crippen LogP contribution in [-0.4, -0.2) is 56.6 Å². The first kappa shape index (κ1) is 19.8. The van der Waals surface area contributed by atoms with Crippen molar-refractivity contribution in [2.45, 2.75) is 45.8 Å². The summed E-state index contributed by atoms with van der Waals surface area (Å²) >= 11 is 0. The quantitative estimate of drug-likeness (QED) is 0.775. The molecular formula is C19H26N6O3. The first-order valence-electron chi connectivity index (χ1n) is 9.60. The van der Waals surface area contributed by atoms with Gasteiger partial charge in [-0.05, 0) is 67.8 Å². The third-order valence-electron chi connectivity index (χ3n) is 4.64. The Morgan fingerprint density at radius 3 is 2.54 bits per heavy atom. The number of rotatable bonds is 7. The third-order valence-corrected chi connectivity index (χ3v) is 4.64. The maximum atomic E-state index is 12.3. The predicted octanol–water partition coefficient (Wildman–Crippen LogP) is 1.58. The van der Waals surface area contributed by atoms with Gasteiger partial charge < -0.3 is 15.0 Å². The zero-order valence-corrected chi connectivity index (χ0v) is 16.3. The predicted molar refractivity (Wildman–Crippen MR) is 102 cm³/mol. The molecule has 2 amide bonds. The van der Waals surface area contributed by atoms with Crippen molar-refractivity contribution in [3.05, 3.63) is 35.7 Å². The number of amides is 2. The van der Waals surface area contributed by atoms with E-state index in [0.717, 1.165) is 32.4 Å². The third kappa shape index (κ3) is 5.05. The number of hydrogen-bond donors (Lipinski definition) is 1. The Hall–Kier alpha value is -2.97. The van der Waals surface area contributed by atoms with Crippen LogP contribution >= 0.6 is 0 Å². The fraction of sp³-hybridized carbons (Fsp3) is 0.526. The molecule has 0 aliphatic carbocycles. The highest BCUT2D eigenvalue weighted by molar-refractivity contribution is 5.96. The lowest BCUT2D eigenvalue weighted by atomic mass is 10.1. The van der Waals surface area contributed by atoms with E-state index < -0.39 is 0 Å². The summed E-state index contributed by atoms with van der Waals surface area (Å²) in [6.07, 6.45) is 3.23. The van der Waals surface area contributed by atoms with Crippen LogP contribution in [-0.2, 0) is 11.4 Å². The number of tetrazole rings is 1. The maximum absolute atomic E-state index is 12.3. The number of nitrogens with zero attached hydrogens (tertiary/aromatic N) is 5. The van der Waals surface area contributed by atoms with Crippen LogP contribution in [0.15, 0.2) is 24.3 Å². The number of likely N-dealkylation sites (tertiary alicyclic amines) is 1. The fourth-order valence-electron chi connectivity index (χ4n) is 3.07. The van der Waals surface area contributed by atoms with E-state index in [-0.39, 0.29) is 31.0 Å². The molecule has 1 aromatic heterocycles. The molecule has 0 atom stereocenters. The second kappa shape index (κ2) is 9.29. The first-order chi connectivity index (χ1) is 13.5. The lowest BCUT2D eigenvalue weighted by Crippen LogP contribution is -2.42. The Labute approximate surface area is 164 Å². The van der Waals surface area contributed by atoms with Crippen molar-refractivity contribution in [1.29, 1.82) is 0 Å². The topological polar surface area (TPSA) is 102 Å². The zero-order valence-electron chi connectivity index (χ0n) is 16.3. The largest absolute Gasteiger partial charge is 0.486 e. The molecule has 1 aliphatic rings. The van der Waals surface area contributed by atoms with Gasteiger partial charge in [0, 0.05) is 18.7 Å². The Morgan fingerprint density at radius 2 is 1.86 bits per heavy atom. The van der Waals surface area contributed by atoms with Crippen LogP contribution in [0.5, 0.6) is 5.75 Å². The molecule has 150 valence electrons. The summed E-state index contributed by atoms with van der Waals surface area (Å²) in [4.78, 5) is 26.2. The summed E-state index contributed by atoms with van der Waals surface area (Å²) in [5.41, 5.74) is 0.478. The minimum Gasteiger partial charge on any atom is -0.486 e. The van der Waals surface area contributed by atoms with Gasteiger partial charge in [-0.15, -0.1) is 5.10 Å². The summed E-state index contributed by atoms with van der Waals surface area (Å²) in [7, 11) is 0. The second-order valence-corrected chi connectivity index (χ2v) is 7.07. The van der Waals surface area contributed by atoms with Gasteiger partial charge >= 0.3 is 0 Å². The van der Waals surface area contributed by atoms with Crippen LogP contribution in [0, 0.1) is 0 Å². The van der Waals surface area contributed by atoms with E-state index in [2.05, 4.69) is 20.8 Å². The minimum atomic E-state index is -0.277.